The van der Waals surface area contributed by atoms with Gasteiger partial charge in [-0.2, -0.15) is 25.7 Å². The molecule has 0 amide bonds. The van der Waals surface area contributed by atoms with Crippen molar-refractivity contribution in [2.75, 3.05) is 0 Å². The van der Waals surface area contributed by atoms with Crippen molar-refractivity contribution in [3.05, 3.63) is 20.3 Å². The fourth-order valence-electron chi connectivity index (χ4n) is 2.55. The predicted molar refractivity (Wildman–Crippen MR) is 100 cm³/mol. The van der Waals surface area contributed by atoms with Gasteiger partial charge in [0.05, 0.1) is 0 Å². The van der Waals surface area contributed by atoms with Crippen molar-refractivity contribution in [1.82, 2.24) is 0 Å². The van der Waals surface area contributed by atoms with Gasteiger partial charge in [-0.25, -0.2) is 0 Å². The van der Waals surface area contributed by atoms with Gasteiger partial charge in [-0.15, -0.1) is 0 Å². The minimum atomic E-state index is 0. The van der Waals surface area contributed by atoms with Gasteiger partial charge in [0.25, 0.3) is 0 Å². The van der Waals surface area contributed by atoms with Crippen molar-refractivity contribution in [2.45, 2.75) is 105 Å². The summed E-state index contributed by atoms with van der Waals surface area (Å²) in [6.45, 7) is 16.0. The van der Waals surface area contributed by atoms with E-state index in [1.807, 2.05) is 0 Å². The van der Waals surface area contributed by atoms with Crippen LogP contribution in [0.2, 0.25) is 0 Å². The first kappa shape index (κ1) is 31.9. The Kier molecular flexibility index (Phi) is 38.9. The summed E-state index contributed by atoms with van der Waals surface area (Å²) in [5, 5.41) is 0. The van der Waals surface area contributed by atoms with Crippen molar-refractivity contribution in [2.24, 2.45) is 11.8 Å². The first-order valence-corrected chi connectivity index (χ1v) is 9.55. The molecule has 2 atom stereocenters. The summed E-state index contributed by atoms with van der Waals surface area (Å²) >= 11 is 0. The zero-order chi connectivity index (χ0) is 16.3. The van der Waals surface area contributed by atoms with Crippen LogP contribution in [0.5, 0.6) is 0 Å². The van der Waals surface area contributed by atoms with Gasteiger partial charge in [-0.1, -0.05) is 90.9 Å². The number of unbranched alkanes of at least 4 members (excludes halogenated alkanes) is 2. The molecular formula is C21H43FePt-3. The Hall–Kier alpha value is 1.21. The van der Waals surface area contributed by atoms with Gasteiger partial charge in [0.1, 0.15) is 0 Å². The Balaban J connectivity index is -0.000000107. The van der Waals surface area contributed by atoms with Crippen molar-refractivity contribution in [3.63, 3.8) is 0 Å². The molecule has 0 nitrogen and oxygen atoms in total. The maximum Gasteiger partial charge on any atom is 0 e. The summed E-state index contributed by atoms with van der Waals surface area (Å²) in [5.74, 6) is 1.91. The second-order valence-electron chi connectivity index (χ2n) is 6.38. The SMILES string of the molecule is C1CCCC1.C[CH-]C1CCCC1C.[CH2-]CCC.[CH2-]CCC.[Fe].[Pt]. The largest absolute Gasteiger partial charge is 0.343 e. The molecule has 23 heavy (non-hydrogen) atoms. The van der Waals surface area contributed by atoms with Crippen molar-refractivity contribution in [1.29, 1.82) is 0 Å². The zero-order valence-corrected chi connectivity index (χ0v) is 19.7. The van der Waals surface area contributed by atoms with Crippen LogP contribution >= 0.6 is 0 Å². The van der Waals surface area contributed by atoms with Gasteiger partial charge in [0.2, 0.25) is 0 Å². The quantitative estimate of drug-likeness (QED) is 0.250. The van der Waals surface area contributed by atoms with E-state index in [2.05, 4.69) is 48.0 Å². The molecule has 2 unspecified atom stereocenters. The Morgan fingerprint density at radius 3 is 1.30 bits per heavy atom. The van der Waals surface area contributed by atoms with E-state index < -0.39 is 0 Å². The molecule has 2 aliphatic carbocycles. The molecule has 2 saturated carbocycles. The van der Waals surface area contributed by atoms with E-state index in [-0.39, 0.29) is 38.1 Å². The van der Waals surface area contributed by atoms with E-state index in [0.717, 1.165) is 24.7 Å². The predicted octanol–water partition coefficient (Wildman–Crippen LogP) is 7.83. The van der Waals surface area contributed by atoms with Gasteiger partial charge in [-0.3, -0.25) is 0 Å². The molecule has 2 heteroatoms. The van der Waals surface area contributed by atoms with Crippen LogP contribution in [-0.2, 0) is 38.1 Å². The molecule has 0 aliphatic heterocycles. The van der Waals surface area contributed by atoms with Gasteiger partial charge in [0, 0.05) is 38.1 Å². The van der Waals surface area contributed by atoms with E-state index in [1.165, 1.54) is 64.2 Å². The average molecular weight is 546 g/mol. The second kappa shape index (κ2) is 28.0. The molecule has 0 aromatic heterocycles. The molecule has 0 aromatic rings. The molecule has 0 spiro atoms. The molecule has 2 aliphatic rings. The van der Waals surface area contributed by atoms with Crippen LogP contribution in [0.1, 0.15) is 105 Å². The first-order valence-electron chi connectivity index (χ1n) is 9.55. The first-order chi connectivity index (χ1) is 10.2. The van der Waals surface area contributed by atoms with Crippen LogP contribution in [0.4, 0.5) is 0 Å². The van der Waals surface area contributed by atoms with Crippen molar-refractivity contribution < 1.29 is 38.1 Å². The average Bonchev–Trinajstić information content (AvgIpc) is 3.22. The Morgan fingerprint density at radius 2 is 1.17 bits per heavy atom. The van der Waals surface area contributed by atoms with Gasteiger partial charge >= 0.3 is 0 Å². The number of hydrogen-bond acceptors (Lipinski definition) is 0. The molecule has 0 N–H and O–H groups in total. The summed E-state index contributed by atoms with van der Waals surface area (Å²) < 4.78 is 0. The summed E-state index contributed by atoms with van der Waals surface area (Å²) in [5.41, 5.74) is 0. The molecule has 0 heterocycles. The van der Waals surface area contributed by atoms with Crippen LogP contribution in [0.15, 0.2) is 0 Å². The normalized spacial score (nSPS) is 21.1. The van der Waals surface area contributed by atoms with E-state index in [9.17, 15) is 0 Å². The van der Waals surface area contributed by atoms with E-state index >= 15 is 0 Å². The van der Waals surface area contributed by atoms with Crippen molar-refractivity contribution in [3.8, 4) is 0 Å². The van der Waals surface area contributed by atoms with Crippen LogP contribution in [0.3, 0.4) is 0 Å². The fraction of sp³-hybridized carbons (Fsp3) is 0.857. The zero-order valence-electron chi connectivity index (χ0n) is 16.3. The standard InChI is InChI=1S/C8H15.C5H10.2C4H9.Fe.Pt/c1-3-8-6-4-5-7(8)2;1-2-4-5-3-1;2*1-3-4-2;;/h3,7-8H,4-6H2,1-2H3;1-5H2;2*1,3-4H2,2H3;;/q-1;;2*-1;;. The van der Waals surface area contributed by atoms with Gasteiger partial charge < -0.3 is 20.3 Å². The summed E-state index contributed by atoms with van der Waals surface area (Å²) in [6.07, 6.45) is 18.8. The summed E-state index contributed by atoms with van der Waals surface area (Å²) in [6, 6.07) is 0. The third-order valence-corrected chi connectivity index (χ3v) is 4.31. The van der Waals surface area contributed by atoms with Crippen LogP contribution in [0, 0.1) is 32.1 Å². The van der Waals surface area contributed by atoms with Gasteiger partial charge in [-0.05, 0) is 0 Å². The molecule has 2 rings (SSSR count). The smallest absolute Gasteiger partial charge is 0 e. The molecule has 0 aromatic carbocycles. The van der Waals surface area contributed by atoms with E-state index in [4.69, 9.17) is 0 Å². The van der Waals surface area contributed by atoms with Crippen molar-refractivity contribution >= 4 is 0 Å². The monoisotopic (exact) mass is 546 g/mol. The minimum absolute atomic E-state index is 0. The maximum atomic E-state index is 3.60. The maximum absolute atomic E-state index is 3.60. The summed E-state index contributed by atoms with van der Waals surface area (Å²) in [4.78, 5) is 0. The fourth-order valence-corrected chi connectivity index (χ4v) is 2.55. The van der Waals surface area contributed by atoms with E-state index in [0.29, 0.717) is 0 Å². The molecule has 0 radical (unpaired) electrons. The minimum Gasteiger partial charge on any atom is -0.343 e. The molecule has 148 valence electrons. The molecule has 0 saturated heterocycles. The van der Waals surface area contributed by atoms with Crippen LogP contribution in [-0.4, -0.2) is 0 Å². The molecule has 0 bridgehead atoms. The molecular weight excluding hydrogens is 503 g/mol. The number of rotatable bonds is 3. The van der Waals surface area contributed by atoms with Crippen LogP contribution in [0.25, 0.3) is 0 Å². The third-order valence-electron chi connectivity index (χ3n) is 4.31. The Bertz CT molecular complexity index is 154. The topological polar surface area (TPSA) is 0 Å². The van der Waals surface area contributed by atoms with Gasteiger partial charge in [0.15, 0.2) is 0 Å². The third kappa shape index (κ3) is 25.6. The second-order valence-corrected chi connectivity index (χ2v) is 6.38. The molecule has 2 fully saturated rings. The van der Waals surface area contributed by atoms with Crippen LogP contribution < -0.4 is 0 Å². The Morgan fingerprint density at radius 1 is 0.826 bits per heavy atom. The Labute approximate surface area is 174 Å². The van der Waals surface area contributed by atoms with E-state index in [1.54, 1.807) is 0 Å². The number of hydrogen-bond donors (Lipinski definition) is 0. The summed E-state index contributed by atoms with van der Waals surface area (Å²) in [7, 11) is 0.